The minimum absolute atomic E-state index is 0.168. The Bertz CT molecular complexity index is 1880. The number of rotatable bonds is 6. The molecule has 0 spiro atoms. The van der Waals surface area contributed by atoms with Gasteiger partial charge in [0.2, 0.25) is 0 Å². The molecule has 1 aromatic carbocycles. The highest BCUT2D eigenvalue weighted by Gasteiger charge is 2.26. The normalized spacial score (nSPS) is 13.4. The van der Waals surface area contributed by atoms with Gasteiger partial charge < -0.3 is 9.13 Å². The number of aromatic nitrogens is 9. The predicted molar refractivity (Wildman–Crippen MR) is 147 cm³/mol. The molecule has 7 rings (SSSR count). The van der Waals surface area contributed by atoms with E-state index in [1.165, 1.54) is 23.7 Å². The smallest absolute Gasteiger partial charge is 0.267 e. The molecule has 10 nitrogen and oxygen atoms in total. The van der Waals surface area contributed by atoms with E-state index in [1.807, 2.05) is 58.1 Å². The van der Waals surface area contributed by atoms with Crippen molar-refractivity contribution in [2.24, 2.45) is 0 Å². The minimum Gasteiger partial charge on any atom is -0.310 e. The SMILES string of the molecule is CC(C)n1cnnc1-c1cccc(-n2cnc3cc(-c4cccnc4)c(-n4cnc(C5CC5)c4)cc3c2=O)n1. The van der Waals surface area contributed by atoms with Crippen molar-refractivity contribution in [3.05, 3.63) is 96.1 Å². The van der Waals surface area contributed by atoms with E-state index in [0.717, 1.165) is 22.5 Å². The van der Waals surface area contributed by atoms with Crippen LogP contribution in [0.15, 0.2) is 84.8 Å². The van der Waals surface area contributed by atoms with E-state index in [9.17, 15) is 4.79 Å². The topological polar surface area (TPSA) is 109 Å². The minimum atomic E-state index is -0.212. The first-order valence-electron chi connectivity index (χ1n) is 12.9. The zero-order valence-electron chi connectivity index (χ0n) is 21.5. The summed E-state index contributed by atoms with van der Waals surface area (Å²) in [6.07, 6.45) is 13.0. The molecule has 1 aliphatic rings. The highest BCUT2D eigenvalue weighted by molar-refractivity contribution is 5.89. The Morgan fingerprint density at radius 1 is 1.00 bits per heavy atom. The summed E-state index contributed by atoms with van der Waals surface area (Å²) in [5, 5.41) is 8.79. The molecule has 1 saturated carbocycles. The molecule has 192 valence electrons. The van der Waals surface area contributed by atoms with Gasteiger partial charge in [0.15, 0.2) is 5.82 Å². The molecule has 6 aromatic rings. The number of pyridine rings is 2. The molecule has 0 unspecified atom stereocenters. The van der Waals surface area contributed by atoms with Crippen LogP contribution in [0.1, 0.15) is 44.3 Å². The van der Waals surface area contributed by atoms with Crippen LogP contribution in [0.5, 0.6) is 0 Å². The molecule has 1 fully saturated rings. The summed E-state index contributed by atoms with van der Waals surface area (Å²) in [6, 6.07) is 13.4. The maximum absolute atomic E-state index is 13.9. The summed E-state index contributed by atoms with van der Waals surface area (Å²) in [7, 11) is 0. The maximum Gasteiger partial charge on any atom is 0.267 e. The second kappa shape index (κ2) is 9.09. The Morgan fingerprint density at radius 3 is 2.69 bits per heavy atom. The van der Waals surface area contributed by atoms with Crippen LogP contribution in [0.3, 0.4) is 0 Å². The van der Waals surface area contributed by atoms with E-state index in [4.69, 9.17) is 4.98 Å². The Hall–Kier alpha value is -4.99. The zero-order chi connectivity index (χ0) is 26.5. The van der Waals surface area contributed by atoms with Crippen LogP contribution in [-0.2, 0) is 0 Å². The van der Waals surface area contributed by atoms with Gasteiger partial charge in [0.05, 0.1) is 28.6 Å². The van der Waals surface area contributed by atoms with Gasteiger partial charge in [0.1, 0.15) is 24.2 Å². The number of hydrogen-bond donors (Lipinski definition) is 0. The highest BCUT2D eigenvalue weighted by Crippen LogP contribution is 2.39. The van der Waals surface area contributed by atoms with Crippen molar-refractivity contribution < 1.29 is 0 Å². The standard InChI is InChI=1S/C29H25N9O/c1-18(2)37-17-33-35-28(37)23-6-3-7-27(34-23)38-16-32-24-11-21(20-5-4-10-30-13-20)26(12-22(24)29(38)39)36-14-25(31-15-36)19-8-9-19/h3-7,10-19H,8-9H2,1-2H3. The van der Waals surface area contributed by atoms with E-state index in [2.05, 4.69) is 45.2 Å². The lowest BCUT2D eigenvalue weighted by molar-refractivity contribution is 0.603. The molecule has 0 atom stereocenters. The summed E-state index contributed by atoms with van der Waals surface area (Å²) in [5.41, 5.74) is 4.79. The van der Waals surface area contributed by atoms with E-state index >= 15 is 0 Å². The molecule has 0 bridgehead atoms. The molecule has 0 aliphatic heterocycles. The zero-order valence-corrected chi connectivity index (χ0v) is 21.5. The summed E-state index contributed by atoms with van der Waals surface area (Å²) < 4.78 is 5.41. The lowest BCUT2D eigenvalue weighted by Crippen LogP contribution is -2.20. The van der Waals surface area contributed by atoms with Gasteiger partial charge in [0.25, 0.3) is 5.56 Å². The number of nitrogens with zero attached hydrogens (tertiary/aromatic N) is 9. The van der Waals surface area contributed by atoms with Gasteiger partial charge in [-0.1, -0.05) is 12.1 Å². The van der Waals surface area contributed by atoms with E-state index < -0.39 is 0 Å². The molecule has 0 amide bonds. The predicted octanol–water partition coefficient (Wildman–Crippen LogP) is 4.75. The van der Waals surface area contributed by atoms with Crippen LogP contribution >= 0.6 is 0 Å². The van der Waals surface area contributed by atoms with E-state index in [-0.39, 0.29) is 11.6 Å². The second-order valence-electron chi connectivity index (χ2n) is 10.1. The number of hydrogen-bond acceptors (Lipinski definition) is 7. The van der Waals surface area contributed by atoms with Crippen molar-refractivity contribution in [3.8, 4) is 34.2 Å². The summed E-state index contributed by atoms with van der Waals surface area (Å²) in [5.74, 6) is 1.62. The molecule has 5 heterocycles. The first-order chi connectivity index (χ1) is 19.1. The quantitative estimate of drug-likeness (QED) is 0.315. The monoisotopic (exact) mass is 515 g/mol. The summed E-state index contributed by atoms with van der Waals surface area (Å²) in [4.78, 5) is 32.2. The van der Waals surface area contributed by atoms with Crippen molar-refractivity contribution in [2.45, 2.75) is 38.6 Å². The van der Waals surface area contributed by atoms with Crippen LogP contribution in [0.2, 0.25) is 0 Å². The van der Waals surface area contributed by atoms with Gasteiger partial charge in [-0.2, -0.15) is 0 Å². The van der Waals surface area contributed by atoms with Crippen LogP contribution in [0, 0.1) is 0 Å². The molecule has 0 N–H and O–H groups in total. The molecule has 5 aromatic heterocycles. The van der Waals surface area contributed by atoms with Crippen molar-refractivity contribution in [3.63, 3.8) is 0 Å². The number of fused-ring (bicyclic) bond motifs is 1. The second-order valence-corrected chi connectivity index (χ2v) is 10.1. The van der Waals surface area contributed by atoms with Crippen molar-refractivity contribution in [2.75, 3.05) is 0 Å². The van der Waals surface area contributed by atoms with E-state index in [0.29, 0.717) is 34.2 Å². The molecule has 0 saturated heterocycles. The Kier molecular flexibility index (Phi) is 5.39. The van der Waals surface area contributed by atoms with Gasteiger partial charge in [-0.05, 0) is 57.0 Å². The average molecular weight is 516 g/mol. The molecule has 1 aliphatic carbocycles. The molecule has 39 heavy (non-hydrogen) atoms. The van der Waals surface area contributed by atoms with Crippen LogP contribution in [0.4, 0.5) is 0 Å². The van der Waals surface area contributed by atoms with Gasteiger partial charge in [-0.15, -0.1) is 10.2 Å². The van der Waals surface area contributed by atoms with Gasteiger partial charge in [-0.3, -0.25) is 14.3 Å². The summed E-state index contributed by atoms with van der Waals surface area (Å²) in [6.45, 7) is 4.11. The average Bonchev–Trinajstić information content (AvgIpc) is 3.48. The van der Waals surface area contributed by atoms with Crippen LogP contribution in [0.25, 0.3) is 45.1 Å². The Morgan fingerprint density at radius 2 is 1.90 bits per heavy atom. The Labute approximate surface area is 223 Å². The number of imidazole rings is 1. The fourth-order valence-corrected chi connectivity index (χ4v) is 4.83. The number of benzene rings is 1. The first-order valence-corrected chi connectivity index (χ1v) is 12.9. The largest absolute Gasteiger partial charge is 0.310 e. The molecular formula is C29H25N9O. The van der Waals surface area contributed by atoms with Crippen molar-refractivity contribution in [1.29, 1.82) is 0 Å². The van der Waals surface area contributed by atoms with E-state index in [1.54, 1.807) is 18.6 Å². The van der Waals surface area contributed by atoms with Gasteiger partial charge in [0, 0.05) is 41.7 Å². The lowest BCUT2D eigenvalue weighted by atomic mass is 10.0. The van der Waals surface area contributed by atoms with Gasteiger partial charge in [-0.25, -0.2) is 15.0 Å². The fourth-order valence-electron chi connectivity index (χ4n) is 4.83. The lowest BCUT2D eigenvalue weighted by Gasteiger charge is -2.14. The third-order valence-corrected chi connectivity index (χ3v) is 7.06. The molecular weight excluding hydrogens is 490 g/mol. The van der Waals surface area contributed by atoms with Crippen LogP contribution in [-0.4, -0.2) is 43.8 Å². The van der Waals surface area contributed by atoms with Gasteiger partial charge >= 0.3 is 0 Å². The van der Waals surface area contributed by atoms with Crippen LogP contribution < -0.4 is 5.56 Å². The molecule has 0 radical (unpaired) electrons. The first kappa shape index (κ1) is 23.2. The Balaban J connectivity index is 1.39. The van der Waals surface area contributed by atoms with Crippen molar-refractivity contribution >= 4 is 10.9 Å². The summed E-state index contributed by atoms with van der Waals surface area (Å²) >= 11 is 0. The molecule has 10 heteroatoms. The third kappa shape index (κ3) is 4.10. The van der Waals surface area contributed by atoms with Crippen molar-refractivity contribution in [1.82, 2.24) is 43.8 Å². The fraction of sp³-hybridized carbons (Fsp3) is 0.207. The highest BCUT2D eigenvalue weighted by atomic mass is 16.1. The third-order valence-electron chi connectivity index (χ3n) is 7.06. The maximum atomic E-state index is 13.9.